The first kappa shape index (κ1) is 20.9. The Morgan fingerprint density at radius 2 is 1.94 bits per heavy atom. The van der Waals surface area contributed by atoms with E-state index in [9.17, 15) is 9.59 Å². The number of carbonyl (C=O) groups is 2. The normalized spacial score (nSPS) is 15.1. The molecule has 1 aliphatic rings. The Morgan fingerprint density at radius 1 is 1.19 bits per heavy atom. The summed E-state index contributed by atoms with van der Waals surface area (Å²) in [7, 11) is 4.98. The summed E-state index contributed by atoms with van der Waals surface area (Å²) in [5, 5.41) is 2.74. The fraction of sp³-hybridized carbons (Fsp3) is 0.261. The third kappa shape index (κ3) is 4.39. The molecule has 0 radical (unpaired) electrons. The van der Waals surface area contributed by atoms with Crippen LogP contribution in [0.15, 0.2) is 53.9 Å². The lowest BCUT2D eigenvalue weighted by Gasteiger charge is -2.35. The number of thiazole rings is 1. The van der Waals surface area contributed by atoms with Crippen molar-refractivity contribution in [3.05, 3.63) is 59.6 Å². The fourth-order valence-corrected chi connectivity index (χ4v) is 4.22. The quantitative estimate of drug-likeness (QED) is 0.613. The third-order valence-corrected chi connectivity index (χ3v) is 5.95. The number of para-hydroxylation sites is 2. The largest absolute Gasteiger partial charge is 0.497 e. The average Bonchev–Trinajstić information content (AvgIpc) is 3.26. The molecule has 0 fully saturated rings. The van der Waals surface area contributed by atoms with Gasteiger partial charge in [0.25, 0.3) is 5.91 Å². The first-order valence-electron chi connectivity index (χ1n) is 9.82. The second-order valence-corrected chi connectivity index (χ2v) is 8.22. The van der Waals surface area contributed by atoms with Crippen LogP contribution in [0.2, 0.25) is 0 Å². The number of methoxy groups -OCH3 is 1. The van der Waals surface area contributed by atoms with Gasteiger partial charge in [-0.1, -0.05) is 12.1 Å². The van der Waals surface area contributed by atoms with E-state index in [1.54, 1.807) is 32.2 Å². The molecule has 0 N–H and O–H groups in total. The Morgan fingerprint density at radius 3 is 2.65 bits per heavy atom. The van der Waals surface area contributed by atoms with Crippen LogP contribution >= 0.6 is 11.3 Å². The first-order chi connectivity index (χ1) is 15.0. The van der Waals surface area contributed by atoms with E-state index in [-0.39, 0.29) is 24.8 Å². The zero-order chi connectivity index (χ0) is 22.0. The van der Waals surface area contributed by atoms with Crippen molar-refractivity contribution in [2.24, 2.45) is 0 Å². The van der Waals surface area contributed by atoms with Crippen LogP contribution in [0, 0.1) is 0 Å². The van der Waals surface area contributed by atoms with E-state index in [0.29, 0.717) is 17.1 Å². The van der Waals surface area contributed by atoms with Gasteiger partial charge < -0.3 is 19.3 Å². The molecule has 0 spiro atoms. The van der Waals surface area contributed by atoms with E-state index in [1.807, 2.05) is 47.8 Å². The Balaban J connectivity index is 1.53. The summed E-state index contributed by atoms with van der Waals surface area (Å²) in [5.74, 6) is 1.00. The second-order valence-electron chi connectivity index (χ2n) is 7.36. The van der Waals surface area contributed by atoms with Crippen molar-refractivity contribution in [3.8, 4) is 22.1 Å². The Labute approximate surface area is 184 Å². The van der Waals surface area contributed by atoms with Crippen LogP contribution < -0.4 is 14.4 Å². The number of likely N-dealkylation sites (N-methyl/N-ethyl adjacent to an activating group) is 1. The highest BCUT2D eigenvalue weighted by Gasteiger charge is 2.34. The Kier molecular flexibility index (Phi) is 5.90. The van der Waals surface area contributed by atoms with Gasteiger partial charge in [-0.25, -0.2) is 4.98 Å². The number of anilines is 1. The highest BCUT2D eigenvalue weighted by molar-refractivity contribution is 7.13. The predicted octanol–water partition coefficient (Wildman–Crippen LogP) is 3.24. The molecule has 8 heteroatoms. The molecular formula is C23H23N3O4S. The maximum absolute atomic E-state index is 13.2. The third-order valence-electron chi connectivity index (χ3n) is 5.01. The minimum absolute atomic E-state index is 0.126. The molecule has 0 saturated carbocycles. The highest BCUT2D eigenvalue weighted by Crippen LogP contribution is 2.34. The molecule has 1 aliphatic heterocycles. The van der Waals surface area contributed by atoms with Crippen LogP contribution in [0.25, 0.3) is 10.6 Å². The van der Waals surface area contributed by atoms with Gasteiger partial charge in [-0.15, -0.1) is 11.3 Å². The van der Waals surface area contributed by atoms with Crippen LogP contribution in [-0.2, 0) is 16.0 Å². The summed E-state index contributed by atoms with van der Waals surface area (Å²) in [4.78, 5) is 33.4. The summed E-state index contributed by atoms with van der Waals surface area (Å²) in [6.45, 7) is 0.169. The molecule has 1 atom stereocenters. The standard InChI is InChI=1S/C23H23N3O4S/c1-25(2)23(28)20-13-26(18-6-4-5-7-19(18)30-20)21(27)12-16-14-31-22(24-16)15-8-10-17(29-3)11-9-15/h4-11,14,20H,12-13H2,1-3H3. The smallest absolute Gasteiger partial charge is 0.265 e. The van der Waals surface area contributed by atoms with Gasteiger partial charge in [0.15, 0.2) is 6.10 Å². The molecule has 31 heavy (non-hydrogen) atoms. The lowest BCUT2D eigenvalue weighted by Crippen LogP contribution is -2.50. The SMILES string of the molecule is COc1ccc(-c2nc(CC(=O)N3CC(C(=O)N(C)C)Oc4ccccc43)cs2)cc1. The number of aromatic nitrogens is 1. The number of hydrogen-bond donors (Lipinski definition) is 0. The number of fused-ring (bicyclic) bond motifs is 1. The van der Waals surface area contributed by atoms with Crippen molar-refractivity contribution >= 4 is 28.8 Å². The van der Waals surface area contributed by atoms with Crippen LogP contribution in [0.5, 0.6) is 11.5 Å². The van der Waals surface area contributed by atoms with E-state index in [0.717, 1.165) is 16.3 Å². The first-order valence-corrected chi connectivity index (χ1v) is 10.7. The number of hydrogen-bond acceptors (Lipinski definition) is 6. The van der Waals surface area contributed by atoms with E-state index in [4.69, 9.17) is 9.47 Å². The minimum Gasteiger partial charge on any atom is -0.497 e. The van der Waals surface area contributed by atoms with Crippen LogP contribution in [-0.4, -0.2) is 55.6 Å². The van der Waals surface area contributed by atoms with Gasteiger partial charge in [0.05, 0.1) is 31.5 Å². The monoisotopic (exact) mass is 437 g/mol. The summed E-state index contributed by atoms with van der Waals surface area (Å²) in [6, 6.07) is 14.9. The van der Waals surface area contributed by atoms with Crippen molar-refractivity contribution in [2.45, 2.75) is 12.5 Å². The molecule has 1 unspecified atom stereocenters. The van der Waals surface area contributed by atoms with Gasteiger partial charge in [-0.05, 0) is 36.4 Å². The molecule has 3 aromatic rings. The van der Waals surface area contributed by atoms with Crippen molar-refractivity contribution in [1.82, 2.24) is 9.88 Å². The van der Waals surface area contributed by atoms with Gasteiger partial charge >= 0.3 is 0 Å². The molecule has 1 aromatic heterocycles. The molecule has 4 rings (SSSR count). The lowest BCUT2D eigenvalue weighted by atomic mass is 10.1. The Hall–Kier alpha value is -3.39. The zero-order valence-corrected chi connectivity index (χ0v) is 18.4. The summed E-state index contributed by atoms with van der Waals surface area (Å²) < 4.78 is 11.1. The number of ether oxygens (including phenoxy) is 2. The Bertz CT molecular complexity index is 1090. The van der Waals surface area contributed by atoms with E-state index in [2.05, 4.69) is 4.98 Å². The molecule has 0 aliphatic carbocycles. The topological polar surface area (TPSA) is 72.0 Å². The predicted molar refractivity (Wildman–Crippen MR) is 120 cm³/mol. The zero-order valence-electron chi connectivity index (χ0n) is 17.6. The van der Waals surface area contributed by atoms with E-state index < -0.39 is 6.10 Å². The van der Waals surface area contributed by atoms with E-state index in [1.165, 1.54) is 16.2 Å². The molecule has 2 amide bonds. The van der Waals surface area contributed by atoms with Crippen molar-refractivity contribution in [1.29, 1.82) is 0 Å². The van der Waals surface area contributed by atoms with Crippen LogP contribution in [0.1, 0.15) is 5.69 Å². The summed E-state index contributed by atoms with van der Waals surface area (Å²) in [6.07, 6.45) is -0.594. The van der Waals surface area contributed by atoms with Crippen molar-refractivity contribution in [2.75, 3.05) is 32.6 Å². The van der Waals surface area contributed by atoms with Gasteiger partial charge in [0.2, 0.25) is 5.91 Å². The fourth-order valence-electron chi connectivity index (χ4n) is 3.39. The molecule has 2 heterocycles. The number of amides is 2. The van der Waals surface area contributed by atoms with Crippen molar-refractivity contribution in [3.63, 3.8) is 0 Å². The minimum atomic E-state index is -0.737. The molecule has 0 bridgehead atoms. The maximum atomic E-state index is 13.2. The van der Waals surface area contributed by atoms with Crippen LogP contribution in [0.4, 0.5) is 5.69 Å². The van der Waals surface area contributed by atoms with Gasteiger partial charge in [-0.2, -0.15) is 0 Å². The van der Waals surface area contributed by atoms with Gasteiger partial charge in [0, 0.05) is 25.0 Å². The van der Waals surface area contributed by atoms with Gasteiger partial charge in [0.1, 0.15) is 16.5 Å². The summed E-state index contributed by atoms with van der Waals surface area (Å²) in [5.41, 5.74) is 2.33. The average molecular weight is 438 g/mol. The molecule has 2 aromatic carbocycles. The number of rotatable bonds is 5. The van der Waals surface area contributed by atoms with Gasteiger partial charge in [-0.3, -0.25) is 9.59 Å². The number of benzene rings is 2. The molecule has 160 valence electrons. The second kappa shape index (κ2) is 8.77. The van der Waals surface area contributed by atoms with Crippen molar-refractivity contribution < 1.29 is 19.1 Å². The summed E-state index contributed by atoms with van der Waals surface area (Å²) >= 11 is 1.49. The highest BCUT2D eigenvalue weighted by atomic mass is 32.1. The number of carbonyl (C=O) groups excluding carboxylic acids is 2. The maximum Gasteiger partial charge on any atom is 0.265 e. The van der Waals surface area contributed by atoms with E-state index >= 15 is 0 Å². The number of nitrogens with zero attached hydrogens (tertiary/aromatic N) is 3. The lowest BCUT2D eigenvalue weighted by molar-refractivity contribution is -0.136. The molecule has 7 nitrogen and oxygen atoms in total. The molecular weight excluding hydrogens is 414 g/mol. The molecule has 0 saturated heterocycles. The van der Waals surface area contributed by atoms with Crippen LogP contribution in [0.3, 0.4) is 0 Å².